The third-order valence-electron chi connectivity index (χ3n) is 0.758. The molecule has 0 aliphatic carbocycles. The van der Waals surface area contributed by atoms with Crippen LogP contribution < -0.4 is 4.72 Å². The first kappa shape index (κ1) is 15.0. The van der Waals surface area contributed by atoms with E-state index in [0.717, 1.165) is 6.08 Å². The lowest BCUT2D eigenvalue weighted by Gasteiger charge is -1.85. The van der Waals surface area contributed by atoms with Crippen LogP contribution in [0.3, 0.4) is 0 Å². The number of rotatable bonds is 3. The lowest BCUT2D eigenvalue weighted by molar-refractivity contribution is -0.114. The summed E-state index contributed by atoms with van der Waals surface area (Å²) in [6.07, 6.45) is 1.62. The van der Waals surface area contributed by atoms with E-state index in [-0.39, 0.29) is 11.7 Å². The second kappa shape index (κ2) is 8.09. The average molecular weight is 227 g/mol. The van der Waals surface area contributed by atoms with Gasteiger partial charge in [-0.15, -0.1) is 0 Å². The van der Waals surface area contributed by atoms with Crippen LogP contribution in [0.2, 0.25) is 0 Å². The summed E-state index contributed by atoms with van der Waals surface area (Å²) >= 11 is 3.42. The minimum atomic E-state index is -3.67. The summed E-state index contributed by atoms with van der Waals surface area (Å²) in [7, 11) is -3.67. The first-order valence-corrected chi connectivity index (χ1v) is 5.44. The Kier molecular flexibility index (Phi) is 9.31. The van der Waals surface area contributed by atoms with Crippen LogP contribution in [0, 0.1) is 0 Å². The Morgan fingerprint density at radius 1 is 1.69 bits per heavy atom. The van der Waals surface area contributed by atoms with Crippen LogP contribution in [0.15, 0.2) is 12.7 Å². The van der Waals surface area contributed by atoms with Crippen LogP contribution in [-0.2, 0) is 14.9 Å². The van der Waals surface area contributed by atoms with Crippen molar-refractivity contribution in [3.63, 3.8) is 0 Å². The Bertz CT molecular complexity index is 247. The lowest BCUT2D eigenvalue weighted by Crippen LogP contribution is -2.06. The summed E-state index contributed by atoms with van der Waals surface area (Å²) < 4.78 is 29.6. The van der Waals surface area contributed by atoms with E-state index in [9.17, 15) is 13.2 Å². The highest BCUT2D eigenvalue weighted by Crippen LogP contribution is 1.83. The van der Waals surface area contributed by atoms with Gasteiger partial charge in [0.1, 0.15) is 0 Å². The highest BCUT2D eigenvalue weighted by Gasteiger charge is 1.98. The largest absolute Gasteiger partial charge is 0.299 e. The molecule has 13 heavy (non-hydrogen) atoms. The number of hydrogen-bond acceptors (Lipinski definition) is 4. The van der Waals surface area contributed by atoms with Gasteiger partial charge in [-0.25, -0.2) is 0 Å². The molecule has 0 aromatic carbocycles. The van der Waals surface area contributed by atoms with Gasteiger partial charge in [0.05, 0.1) is 5.75 Å². The molecular formula is C6H13NO4S2. The molecule has 7 heteroatoms. The van der Waals surface area contributed by atoms with E-state index in [1.54, 1.807) is 6.92 Å². The van der Waals surface area contributed by atoms with Gasteiger partial charge < -0.3 is 0 Å². The predicted molar refractivity (Wildman–Crippen MR) is 54.0 cm³/mol. The zero-order valence-corrected chi connectivity index (χ0v) is 8.94. The third-order valence-corrected chi connectivity index (χ3v) is 1.90. The third kappa shape index (κ3) is 18.4. The molecule has 0 unspecified atom stereocenters. The molecule has 1 amide bonds. The molecule has 0 spiro atoms. The molecule has 0 aromatic heterocycles. The van der Waals surface area contributed by atoms with E-state index >= 15 is 0 Å². The fourth-order valence-corrected chi connectivity index (χ4v) is 0.911. The Morgan fingerprint density at radius 3 is 2.15 bits per heavy atom. The fraction of sp³-hybridized carbons (Fsp3) is 0.500. The summed E-state index contributed by atoms with van der Waals surface area (Å²) in [6.45, 7) is 4.86. The second-order valence-corrected chi connectivity index (χ2v) is 3.76. The van der Waals surface area contributed by atoms with Crippen LogP contribution in [0.1, 0.15) is 13.3 Å². The smallest absolute Gasteiger partial charge is 0.264 e. The van der Waals surface area contributed by atoms with Crippen molar-refractivity contribution >= 4 is 28.8 Å². The van der Waals surface area contributed by atoms with E-state index in [0.29, 0.717) is 6.42 Å². The Balaban J connectivity index is 0. The molecule has 0 aromatic rings. The van der Waals surface area contributed by atoms with Crippen LogP contribution >= 0.6 is 12.8 Å². The molecule has 2 N–H and O–H groups in total. The zero-order chi connectivity index (χ0) is 10.9. The number of thiol groups is 1. The monoisotopic (exact) mass is 227 g/mol. The molecule has 0 aliphatic rings. The van der Waals surface area contributed by atoms with E-state index in [4.69, 9.17) is 4.55 Å². The maximum absolute atomic E-state index is 9.88. The second-order valence-electron chi connectivity index (χ2n) is 1.97. The van der Waals surface area contributed by atoms with Gasteiger partial charge in [-0.2, -0.15) is 8.42 Å². The van der Waals surface area contributed by atoms with Crippen molar-refractivity contribution in [1.29, 1.82) is 0 Å². The Hall–Kier alpha value is -0.530. The van der Waals surface area contributed by atoms with E-state index in [2.05, 4.69) is 24.1 Å². The van der Waals surface area contributed by atoms with Crippen LogP contribution in [0.5, 0.6) is 0 Å². The predicted octanol–water partition coefficient (Wildman–Crippen LogP) is 0.418. The van der Waals surface area contributed by atoms with Crippen LogP contribution in [0.4, 0.5) is 0 Å². The molecule has 0 atom stereocenters. The van der Waals surface area contributed by atoms with Crippen molar-refractivity contribution in [2.75, 3.05) is 5.75 Å². The number of carbonyl (C=O) groups excluding carboxylic acids is 1. The average Bonchev–Trinajstić information content (AvgIpc) is 2.02. The zero-order valence-electron chi connectivity index (χ0n) is 7.23. The normalized spacial score (nSPS) is 9.46. The van der Waals surface area contributed by atoms with Crippen molar-refractivity contribution in [3.05, 3.63) is 12.7 Å². The Morgan fingerprint density at radius 2 is 2.15 bits per heavy atom. The van der Waals surface area contributed by atoms with Crippen molar-refractivity contribution in [2.45, 2.75) is 13.3 Å². The van der Waals surface area contributed by atoms with Gasteiger partial charge in [-0.3, -0.25) is 14.1 Å². The first-order chi connectivity index (χ1) is 5.87. The molecule has 78 valence electrons. The molecule has 0 saturated carbocycles. The van der Waals surface area contributed by atoms with E-state index in [1.165, 1.54) is 0 Å². The van der Waals surface area contributed by atoms with Gasteiger partial charge in [0.25, 0.3) is 16.0 Å². The highest BCUT2D eigenvalue weighted by atomic mass is 32.2. The number of nitrogens with one attached hydrogen (secondary N) is 1. The molecule has 0 bridgehead atoms. The maximum Gasteiger partial charge on any atom is 0.264 e. The minimum Gasteiger partial charge on any atom is -0.299 e. The van der Waals surface area contributed by atoms with Gasteiger partial charge >= 0.3 is 0 Å². The maximum atomic E-state index is 9.88. The lowest BCUT2D eigenvalue weighted by atomic mass is 10.6. The van der Waals surface area contributed by atoms with Gasteiger partial charge in [0.2, 0.25) is 0 Å². The molecular weight excluding hydrogens is 214 g/mol. The summed E-state index contributed by atoms with van der Waals surface area (Å²) in [5.41, 5.74) is 0. The molecule has 0 heterocycles. The summed E-state index contributed by atoms with van der Waals surface area (Å²) in [4.78, 5) is 9.88. The molecule has 0 saturated heterocycles. The fourth-order valence-electron chi connectivity index (χ4n) is 0.304. The SMILES string of the molecule is C=CC(=O)NS.CCCS(=O)(=O)O. The van der Waals surface area contributed by atoms with Gasteiger partial charge in [0.15, 0.2) is 0 Å². The van der Waals surface area contributed by atoms with Crippen LogP contribution in [-0.4, -0.2) is 24.6 Å². The van der Waals surface area contributed by atoms with Crippen molar-refractivity contribution in [1.82, 2.24) is 4.72 Å². The molecule has 0 aliphatic heterocycles. The molecule has 0 rings (SSSR count). The summed E-state index contributed by atoms with van der Waals surface area (Å²) in [5, 5.41) is 0. The van der Waals surface area contributed by atoms with Crippen molar-refractivity contribution < 1.29 is 17.8 Å². The van der Waals surface area contributed by atoms with E-state index in [1.807, 2.05) is 0 Å². The van der Waals surface area contributed by atoms with E-state index < -0.39 is 10.1 Å². The number of amides is 1. The molecule has 5 nitrogen and oxygen atoms in total. The van der Waals surface area contributed by atoms with Crippen LogP contribution in [0.25, 0.3) is 0 Å². The standard InChI is InChI=1S/C3H5NOS.C3H8O3S/c1-2-3(5)4-6;1-2-3-7(4,5)6/h2,6H,1H2,(H,4,5);2-3H2,1H3,(H,4,5,6). The topological polar surface area (TPSA) is 83.5 Å². The van der Waals surface area contributed by atoms with Crippen molar-refractivity contribution in [3.8, 4) is 0 Å². The minimum absolute atomic E-state index is 0.132. The first-order valence-electron chi connectivity index (χ1n) is 3.39. The Labute approximate surface area is 83.5 Å². The number of hydrogen-bond donors (Lipinski definition) is 3. The summed E-state index contributed by atoms with van der Waals surface area (Å²) in [5.74, 6) is -0.411. The highest BCUT2D eigenvalue weighted by molar-refractivity contribution is 7.85. The summed E-state index contributed by atoms with van der Waals surface area (Å²) in [6, 6.07) is 0. The van der Waals surface area contributed by atoms with Gasteiger partial charge in [-0.05, 0) is 12.5 Å². The molecule has 0 fully saturated rings. The quantitative estimate of drug-likeness (QED) is 0.370. The van der Waals surface area contributed by atoms with Crippen molar-refractivity contribution in [2.24, 2.45) is 0 Å². The van der Waals surface area contributed by atoms with Gasteiger partial charge in [-0.1, -0.05) is 26.3 Å². The number of carbonyl (C=O) groups is 1. The molecule has 0 radical (unpaired) electrons. The van der Waals surface area contributed by atoms with Gasteiger partial charge in [0, 0.05) is 0 Å².